The first-order chi connectivity index (χ1) is 11.4. The molecule has 0 amide bonds. The number of halogens is 1. The number of hydrogen-bond acceptors (Lipinski definition) is 5. The number of thioether (sulfide) groups is 1. The highest BCUT2D eigenvalue weighted by molar-refractivity contribution is 7.99. The van der Waals surface area contributed by atoms with Crippen LogP contribution in [0.4, 0.5) is 0 Å². The molecule has 124 valence electrons. The first-order valence-electron chi connectivity index (χ1n) is 6.95. The third kappa shape index (κ3) is 2.58. The molecule has 0 aromatic carbocycles. The van der Waals surface area contributed by atoms with E-state index in [4.69, 9.17) is 11.6 Å². The molecule has 0 fully saturated rings. The van der Waals surface area contributed by atoms with Gasteiger partial charge in [-0.1, -0.05) is 29.4 Å². The molecule has 3 aliphatic rings. The molecule has 0 atom stereocenters. The molecule has 3 heterocycles. The van der Waals surface area contributed by atoms with E-state index >= 15 is 0 Å². The van der Waals surface area contributed by atoms with Crippen LogP contribution in [0.15, 0.2) is 51.2 Å². The molecule has 1 N–H and O–H groups in total. The Morgan fingerprint density at radius 1 is 1.29 bits per heavy atom. The molecule has 1 aromatic rings. The van der Waals surface area contributed by atoms with Gasteiger partial charge in [0.05, 0.1) is 11.6 Å². The van der Waals surface area contributed by atoms with Gasteiger partial charge < -0.3 is 9.77 Å². The SMILES string of the molecule is O=S(=O)(/N=c1/ccc2cn(O)ccc-2c1)c1c(Cl)nc2n1CCS2. The quantitative estimate of drug-likeness (QED) is 0.685. The van der Waals surface area contributed by atoms with Gasteiger partial charge in [-0.2, -0.15) is 12.8 Å². The number of sulfonamides is 1. The van der Waals surface area contributed by atoms with E-state index in [1.165, 1.54) is 24.2 Å². The van der Waals surface area contributed by atoms with Gasteiger partial charge >= 0.3 is 10.0 Å². The van der Waals surface area contributed by atoms with Gasteiger partial charge in [-0.25, -0.2) is 9.71 Å². The molecule has 1 aliphatic carbocycles. The largest absolute Gasteiger partial charge is 0.429 e. The van der Waals surface area contributed by atoms with E-state index in [-0.39, 0.29) is 15.5 Å². The van der Waals surface area contributed by atoms with Crippen molar-refractivity contribution in [3.8, 4) is 11.1 Å². The molecule has 0 bridgehead atoms. The second kappa shape index (κ2) is 5.54. The first-order valence-corrected chi connectivity index (χ1v) is 9.75. The highest BCUT2D eigenvalue weighted by Crippen LogP contribution is 2.33. The highest BCUT2D eigenvalue weighted by Gasteiger charge is 2.29. The lowest BCUT2D eigenvalue weighted by atomic mass is 10.1. The average molecular weight is 383 g/mol. The summed E-state index contributed by atoms with van der Waals surface area (Å²) in [5.74, 6) is 0.763. The van der Waals surface area contributed by atoms with E-state index in [9.17, 15) is 13.6 Å². The Morgan fingerprint density at radius 2 is 2.12 bits per heavy atom. The Labute approximate surface area is 146 Å². The van der Waals surface area contributed by atoms with Gasteiger partial charge in [0.15, 0.2) is 15.3 Å². The average Bonchev–Trinajstić information content (AvgIpc) is 3.06. The van der Waals surface area contributed by atoms with Crippen molar-refractivity contribution in [2.24, 2.45) is 4.40 Å². The van der Waals surface area contributed by atoms with Crippen molar-refractivity contribution in [1.29, 1.82) is 0 Å². The summed E-state index contributed by atoms with van der Waals surface area (Å²) < 4.78 is 31.7. The molecule has 0 saturated carbocycles. The Kier molecular flexibility index (Phi) is 3.59. The van der Waals surface area contributed by atoms with Crippen LogP contribution in [0.5, 0.6) is 0 Å². The van der Waals surface area contributed by atoms with E-state index in [0.29, 0.717) is 11.7 Å². The van der Waals surface area contributed by atoms with Crippen LogP contribution in [0.25, 0.3) is 11.1 Å². The zero-order valence-electron chi connectivity index (χ0n) is 12.1. The summed E-state index contributed by atoms with van der Waals surface area (Å²) in [5.41, 5.74) is 1.52. The van der Waals surface area contributed by atoms with E-state index in [1.54, 1.807) is 28.8 Å². The Morgan fingerprint density at radius 3 is 2.96 bits per heavy atom. The minimum absolute atomic E-state index is 0.0527. The smallest absolute Gasteiger partial charge is 0.301 e. The van der Waals surface area contributed by atoms with Crippen molar-refractivity contribution in [3.63, 3.8) is 0 Å². The van der Waals surface area contributed by atoms with Crippen molar-refractivity contribution in [2.45, 2.75) is 16.7 Å². The second-order valence-electron chi connectivity index (χ2n) is 5.19. The van der Waals surface area contributed by atoms with Crippen molar-refractivity contribution >= 4 is 33.4 Å². The van der Waals surface area contributed by atoms with Crippen LogP contribution in [0.3, 0.4) is 0 Å². The lowest BCUT2D eigenvalue weighted by molar-refractivity contribution is 0.185. The summed E-state index contributed by atoms with van der Waals surface area (Å²) in [6.45, 7) is 0.540. The zero-order valence-corrected chi connectivity index (χ0v) is 14.5. The van der Waals surface area contributed by atoms with Gasteiger partial charge in [0, 0.05) is 24.1 Å². The first kappa shape index (κ1) is 15.6. The number of imidazole rings is 1. The molecule has 10 heteroatoms. The van der Waals surface area contributed by atoms with Crippen molar-refractivity contribution < 1.29 is 13.6 Å². The maximum Gasteiger partial charge on any atom is 0.301 e. The molecule has 7 nitrogen and oxygen atoms in total. The number of hydrogen-bond donors (Lipinski definition) is 1. The molecule has 0 radical (unpaired) electrons. The summed E-state index contributed by atoms with van der Waals surface area (Å²) in [7, 11) is -3.98. The Hall–Kier alpha value is -1.97. The molecular formula is C14H11ClN4O3S2. The van der Waals surface area contributed by atoms with Crippen LogP contribution in [-0.4, -0.2) is 33.7 Å². The van der Waals surface area contributed by atoms with Crippen molar-refractivity contribution in [3.05, 3.63) is 47.2 Å². The zero-order chi connectivity index (χ0) is 16.9. The summed E-state index contributed by atoms with van der Waals surface area (Å²) in [6.07, 6.45) is 2.98. The second-order valence-corrected chi connectivity index (χ2v) is 8.13. The molecule has 24 heavy (non-hydrogen) atoms. The van der Waals surface area contributed by atoms with E-state index in [2.05, 4.69) is 9.38 Å². The number of benzene rings is 1. The van der Waals surface area contributed by atoms with Gasteiger partial charge in [-0.3, -0.25) is 0 Å². The Bertz CT molecular complexity index is 1090. The lowest BCUT2D eigenvalue weighted by Crippen LogP contribution is -2.12. The van der Waals surface area contributed by atoms with Crippen LogP contribution in [0, 0.1) is 0 Å². The number of aromatic nitrogens is 3. The summed E-state index contributed by atoms with van der Waals surface area (Å²) in [4.78, 5) is 4.08. The van der Waals surface area contributed by atoms with E-state index in [1.807, 2.05) is 0 Å². The minimum Gasteiger partial charge on any atom is -0.429 e. The standard InChI is InChI=1S/C14H11ClN4O3S2/c15-12-13(19-5-6-23-14(19)16-12)24(21,22)17-11-2-1-10-8-18(20)4-3-9(10)7-11/h1-4,7-8,20H,5-6H2/b17-11-. The number of fused-ring (bicyclic) bond motifs is 2. The maximum absolute atomic E-state index is 12.7. The minimum atomic E-state index is -3.98. The summed E-state index contributed by atoms with van der Waals surface area (Å²) in [6, 6.07) is 6.57. The molecule has 0 spiro atoms. The Balaban J connectivity index is 1.86. The predicted octanol–water partition coefficient (Wildman–Crippen LogP) is 2.08. The highest BCUT2D eigenvalue weighted by atomic mass is 35.5. The van der Waals surface area contributed by atoms with Crippen LogP contribution in [0.2, 0.25) is 5.15 Å². The third-order valence-electron chi connectivity index (χ3n) is 3.61. The maximum atomic E-state index is 12.7. The summed E-state index contributed by atoms with van der Waals surface area (Å²) >= 11 is 7.47. The van der Waals surface area contributed by atoms with Crippen LogP contribution < -0.4 is 5.36 Å². The van der Waals surface area contributed by atoms with Crippen LogP contribution >= 0.6 is 23.4 Å². The van der Waals surface area contributed by atoms with Gasteiger partial charge in [0.2, 0.25) is 0 Å². The monoisotopic (exact) mass is 382 g/mol. The van der Waals surface area contributed by atoms with Gasteiger partial charge in [0.1, 0.15) is 0 Å². The topological polar surface area (TPSA) is 89.5 Å². The van der Waals surface area contributed by atoms with Crippen molar-refractivity contribution in [1.82, 2.24) is 14.3 Å². The summed E-state index contributed by atoms with van der Waals surface area (Å²) in [5, 5.41) is 10.2. The fourth-order valence-corrected chi connectivity index (χ4v) is 5.30. The molecular weight excluding hydrogens is 372 g/mol. The number of pyridine rings is 1. The predicted molar refractivity (Wildman–Crippen MR) is 88.9 cm³/mol. The molecule has 2 aliphatic heterocycles. The number of nitrogens with zero attached hydrogens (tertiary/aromatic N) is 4. The fourth-order valence-electron chi connectivity index (χ4n) is 2.58. The molecule has 1 aromatic heterocycles. The molecule has 0 unspecified atom stereocenters. The van der Waals surface area contributed by atoms with E-state index in [0.717, 1.165) is 21.6 Å². The fraction of sp³-hybridized carbons (Fsp3) is 0.143. The molecule has 0 saturated heterocycles. The third-order valence-corrected chi connectivity index (χ3v) is 6.30. The normalized spacial score (nSPS) is 15.1. The van der Waals surface area contributed by atoms with Gasteiger partial charge in [0.25, 0.3) is 0 Å². The lowest BCUT2D eigenvalue weighted by Gasteiger charge is -2.06. The number of rotatable bonds is 2. The van der Waals surface area contributed by atoms with E-state index < -0.39 is 10.0 Å². The van der Waals surface area contributed by atoms with Gasteiger partial charge in [-0.05, 0) is 23.8 Å². The van der Waals surface area contributed by atoms with Crippen LogP contribution in [0.1, 0.15) is 0 Å². The van der Waals surface area contributed by atoms with Gasteiger partial charge in [-0.15, -0.1) is 0 Å². The van der Waals surface area contributed by atoms with Crippen molar-refractivity contribution in [2.75, 3.05) is 5.75 Å². The molecule has 4 rings (SSSR count). The van der Waals surface area contributed by atoms with Crippen LogP contribution in [-0.2, 0) is 16.6 Å².